The van der Waals surface area contributed by atoms with Gasteiger partial charge in [0.2, 0.25) is 5.91 Å². The smallest absolute Gasteiger partial charge is 0.224 e. The van der Waals surface area contributed by atoms with Gasteiger partial charge in [-0.25, -0.2) is 0 Å². The number of aliphatic hydroxyl groups excluding tert-OH is 1. The first kappa shape index (κ1) is 24.1. The molecule has 0 bridgehead atoms. The maximum absolute atomic E-state index is 12.8. The first-order chi connectivity index (χ1) is 15.8. The summed E-state index contributed by atoms with van der Waals surface area (Å²) in [5.74, 6) is 0.116. The molecule has 5 nitrogen and oxygen atoms in total. The van der Waals surface area contributed by atoms with Crippen molar-refractivity contribution >= 4 is 29.1 Å². The molecule has 7 heteroatoms. The first-order valence-corrected chi connectivity index (χ1v) is 12.1. The number of benzene rings is 2. The fourth-order valence-electron chi connectivity index (χ4n) is 5.67. The zero-order valence-corrected chi connectivity index (χ0v) is 20.0. The van der Waals surface area contributed by atoms with Crippen LogP contribution in [-0.2, 0) is 16.6 Å². The van der Waals surface area contributed by atoms with Gasteiger partial charge in [-0.05, 0) is 61.2 Å². The molecule has 2 aromatic rings. The first-order valence-electron chi connectivity index (χ1n) is 11.3. The van der Waals surface area contributed by atoms with Crippen LogP contribution in [0.3, 0.4) is 0 Å². The van der Waals surface area contributed by atoms with E-state index in [0.717, 1.165) is 37.2 Å². The number of phenolic OH excluding ortho intramolecular Hbond substituents is 1. The van der Waals surface area contributed by atoms with E-state index in [4.69, 9.17) is 23.2 Å². The van der Waals surface area contributed by atoms with Gasteiger partial charge in [-0.2, -0.15) is 0 Å². The Morgan fingerprint density at radius 1 is 1.24 bits per heavy atom. The lowest BCUT2D eigenvalue weighted by Crippen LogP contribution is -2.61. The van der Waals surface area contributed by atoms with E-state index in [1.807, 2.05) is 24.3 Å². The molecule has 0 radical (unpaired) electrons. The molecule has 4 atom stereocenters. The van der Waals surface area contributed by atoms with Crippen molar-refractivity contribution in [3.05, 3.63) is 76.3 Å². The van der Waals surface area contributed by atoms with E-state index >= 15 is 0 Å². The van der Waals surface area contributed by atoms with Crippen molar-refractivity contribution in [2.75, 3.05) is 19.6 Å². The van der Waals surface area contributed by atoms with Gasteiger partial charge in [-0.1, -0.05) is 47.5 Å². The van der Waals surface area contributed by atoms with E-state index < -0.39 is 6.10 Å². The number of amides is 1. The second-order valence-electron chi connectivity index (χ2n) is 9.31. The Morgan fingerprint density at radius 3 is 2.79 bits per heavy atom. The highest BCUT2D eigenvalue weighted by molar-refractivity contribution is 6.42. The lowest BCUT2D eigenvalue weighted by atomic mass is 9.57. The van der Waals surface area contributed by atoms with Crippen LogP contribution in [0.2, 0.25) is 10.0 Å². The molecule has 1 saturated heterocycles. The van der Waals surface area contributed by atoms with Crippen LogP contribution in [-0.4, -0.2) is 52.8 Å². The van der Waals surface area contributed by atoms with Crippen LogP contribution in [0.1, 0.15) is 30.4 Å². The lowest BCUT2D eigenvalue weighted by molar-refractivity contribution is -0.122. The number of carbonyl (C=O) groups excluding carboxylic acids is 1. The molecule has 1 saturated carbocycles. The summed E-state index contributed by atoms with van der Waals surface area (Å²) >= 11 is 12.1. The highest BCUT2D eigenvalue weighted by atomic mass is 35.5. The van der Waals surface area contributed by atoms with Crippen molar-refractivity contribution in [2.24, 2.45) is 5.92 Å². The Labute approximate surface area is 205 Å². The van der Waals surface area contributed by atoms with E-state index in [1.54, 1.807) is 24.3 Å². The van der Waals surface area contributed by atoms with Crippen LogP contribution < -0.4 is 5.32 Å². The van der Waals surface area contributed by atoms with Crippen molar-refractivity contribution in [1.82, 2.24) is 10.2 Å². The van der Waals surface area contributed by atoms with Crippen molar-refractivity contribution < 1.29 is 15.0 Å². The zero-order chi connectivity index (χ0) is 23.6. The van der Waals surface area contributed by atoms with Crippen LogP contribution in [0, 0.1) is 5.92 Å². The molecule has 2 aliphatic rings. The summed E-state index contributed by atoms with van der Waals surface area (Å²) in [7, 11) is 0. The van der Waals surface area contributed by atoms with Gasteiger partial charge in [-0.3, -0.25) is 9.69 Å². The van der Waals surface area contributed by atoms with Crippen LogP contribution >= 0.6 is 23.2 Å². The van der Waals surface area contributed by atoms with E-state index in [1.165, 1.54) is 0 Å². The molecule has 2 aromatic carbocycles. The molecule has 1 heterocycles. The minimum absolute atomic E-state index is 0.0104. The van der Waals surface area contributed by atoms with Gasteiger partial charge in [0.05, 0.1) is 22.6 Å². The maximum Gasteiger partial charge on any atom is 0.224 e. The summed E-state index contributed by atoms with van der Waals surface area (Å²) in [5.41, 5.74) is 1.49. The van der Waals surface area contributed by atoms with Crippen LogP contribution in [0.25, 0.3) is 0 Å². The molecule has 1 aliphatic heterocycles. The minimum Gasteiger partial charge on any atom is -0.508 e. The third-order valence-corrected chi connectivity index (χ3v) is 7.90. The lowest BCUT2D eigenvalue weighted by Gasteiger charge is -2.54. The third-order valence-electron chi connectivity index (χ3n) is 7.16. The quantitative estimate of drug-likeness (QED) is 0.529. The molecule has 0 spiro atoms. The SMILES string of the molecule is C=CCN1CCC2(c3cccc(O)c3)CC(NC(=O)Cc3ccc(Cl)c(Cl)c3)CC(O)C2C1. The third kappa shape index (κ3) is 5.22. The fourth-order valence-corrected chi connectivity index (χ4v) is 5.99. The predicted octanol–water partition coefficient (Wildman–Crippen LogP) is 4.33. The van der Waals surface area contributed by atoms with Gasteiger partial charge in [-0.15, -0.1) is 6.58 Å². The standard InChI is InChI=1S/C26H30Cl2N2O3/c1-2-9-30-10-8-26(18-4-3-5-20(31)13-18)15-19(14-24(32)21(26)16-30)29-25(33)12-17-6-7-22(27)23(28)11-17/h2-7,11,13,19,21,24,31-32H,1,8-10,12,14-16H2,(H,29,33). The zero-order valence-electron chi connectivity index (χ0n) is 18.5. The van der Waals surface area contributed by atoms with Gasteiger partial charge in [0, 0.05) is 30.5 Å². The van der Waals surface area contributed by atoms with E-state index in [9.17, 15) is 15.0 Å². The van der Waals surface area contributed by atoms with Gasteiger partial charge < -0.3 is 15.5 Å². The molecule has 4 unspecified atom stereocenters. The van der Waals surface area contributed by atoms with Crippen LogP contribution in [0.15, 0.2) is 55.1 Å². The van der Waals surface area contributed by atoms with Crippen molar-refractivity contribution in [1.29, 1.82) is 0 Å². The number of carbonyl (C=O) groups is 1. The minimum atomic E-state index is -0.566. The number of nitrogens with zero attached hydrogens (tertiary/aromatic N) is 1. The number of nitrogens with one attached hydrogen (secondary N) is 1. The van der Waals surface area contributed by atoms with Crippen molar-refractivity contribution in [3.8, 4) is 5.75 Å². The number of hydrogen-bond acceptors (Lipinski definition) is 4. The number of aromatic hydroxyl groups is 1. The number of phenols is 1. The number of aliphatic hydroxyl groups is 1. The number of likely N-dealkylation sites (tertiary alicyclic amines) is 1. The molecule has 3 N–H and O–H groups in total. The highest BCUT2D eigenvalue weighted by Crippen LogP contribution is 2.49. The molecule has 4 rings (SSSR count). The number of piperidine rings is 1. The average Bonchev–Trinajstić information content (AvgIpc) is 2.77. The maximum atomic E-state index is 12.8. The Hall–Kier alpha value is -2.05. The summed E-state index contributed by atoms with van der Waals surface area (Å²) in [6.45, 7) is 6.26. The second-order valence-corrected chi connectivity index (χ2v) is 10.1. The molecular weight excluding hydrogens is 459 g/mol. The van der Waals surface area contributed by atoms with Gasteiger partial charge >= 0.3 is 0 Å². The van der Waals surface area contributed by atoms with E-state index in [-0.39, 0.29) is 35.5 Å². The number of hydrogen-bond donors (Lipinski definition) is 3. The van der Waals surface area contributed by atoms with E-state index in [0.29, 0.717) is 22.9 Å². The Morgan fingerprint density at radius 2 is 2.06 bits per heavy atom. The highest BCUT2D eigenvalue weighted by Gasteiger charge is 2.52. The van der Waals surface area contributed by atoms with Crippen molar-refractivity contribution in [2.45, 2.75) is 43.2 Å². The Kier molecular flexibility index (Phi) is 7.34. The summed E-state index contributed by atoms with van der Waals surface area (Å²) < 4.78 is 0. The molecule has 1 aliphatic carbocycles. The number of rotatable bonds is 6. The topological polar surface area (TPSA) is 72.8 Å². The second kappa shape index (κ2) is 10.1. The molecule has 1 amide bonds. The van der Waals surface area contributed by atoms with Gasteiger partial charge in [0.15, 0.2) is 0 Å². The molecular formula is C26H30Cl2N2O3. The number of halogens is 2. The summed E-state index contributed by atoms with van der Waals surface area (Å²) in [6, 6.07) is 12.4. The summed E-state index contributed by atoms with van der Waals surface area (Å²) in [4.78, 5) is 15.2. The number of fused-ring (bicyclic) bond motifs is 1. The monoisotopic (exact) mass is 488 g/mol. The molecule has 176 valence electrons. The molecule has 2 fully saturated rings. The normalized spacial score (nSPS) is 27.5. The average molecular weight is 489 g/mol. The Bertz CT molecular complexity index is 1030. The van der Waals surface area contributed by atoms with Gasteiger partial charge in [0.1, 0.15) is 5.75 Å². The summed E-state index contributed by atoms with van der Waals surface area (Å²) in [6.07, 6.45) is 3.57. The fraction of sp³-hybridized carbons (Fsp3) is 0.423. The van der Waals surface area contributed by atoms with E-state index in [2.05, 4.69) is 16.8 Å². The molecule has 33 heavy (non-hydrogen) atoms. The Balaban J connectivity index is 1.55. The van der Waals surface area contributed by atoms with Gasteiger partial charge in [0.25, 0.3) is 0 Å². The summed E-state index contributed by atoms with van der Waals surface area (Å²) in [5, 5.41) is 25.4. The largest absolute Gasteiger partial charge is 0.508 e. The van der Waals surface area contributed by atoms with Crippen molar-refractivity contribution in [3.63, 3.8) is 0 Å². The van der Waals surface area contributed by atoms with Crippen LogP contribution in [0.4, 0.5) is 0 Å². The predicted molar refractivity (Wildman–Crippen MR) is 132 cm³/mol. The van der Waals surface area contributed by atoms with Crippen LogP contribution in [0.5, 0.6) is 5.75 Å². The molecule has 0 aromatic heterocycles.